The molecular formula is C20H24N2O4. The summed E-state index contributed by atoms with van der Waals surface area (Å²) in [5.41, 5.74) is 3.26. The van der Waals surface area contributed by atoms with E-state index in [4.69, 9.17) is 14.2 Å². The predicted molar refractivity (Wildman–Crippen MR) is 98.9 cm³/mol. The lowest BCUT2D eigenvalue weighted by molar-refractivity contribution is 0.174. The Morgan fingerprint density at radius 3 is 2.81 bits per heavy atom. The number of fused-ring (bicyclic) bond motifs is 1. The van der Waals surface area contributed by atoms with E-state index < -0.39 is 0 Å². The average molecular weight is 356 g/mol. The van der Waals surface area contributed by atoms with Crippen molar-refractivity contribution in [2.24, 2.45) is 0 Å². The highest BCUT2D eigenvalue weighted by Crippen LogP contribution is 2.32. The number of hydrogen-bond acceptors (Lipinski definition) is 4. The van der Waals surface area contributed by atoms with Crippen molar-refractivity contribution < 1.29 is 19.0 Å². The summed E-state index contributed by atoms with van der Waals surface area (Å²) in [6.45, 7) is 3.33. The van der Waals surface area contributed by atoms with Crippen LogP contribution in [0, 0.1) is 6.92 Å². The second kappa shape index (κ2) is 7.99. The summed E-state index contributed by atoms with van der Waals surface area (Å²) < 4.78 is 16.1. The van der Waals surface area contributed by atoms with Crippen molar-refractivity contribution in [3.63, 3.8) is 0 Å². The van der Waals surface area contributed by atoms with Gasteiger partial charge in [0.1, 0.15) is 5.75 Å². The first-order chi connectivity index (χ1) is 12.6. The van der Waals surface area contributed by atoms with Gasteiger partial charge in [0.05, 0.1) is 7.11 Å². The molecule has 0 bridgehead atoms. The van der Waals surface area contributed by atoms with Gasteiger partial charge in [0.2, 0.25) is 6.79 Å². The van der Waals surface area contributed by atoms with Crippen molar-refractivity contribution in [2.75, 3.05) is 27.5 Å². The number of nitrogens with zero attached hydrogens (tertiary/aromatic N) is 1. The number of rotatable bonds is 6. The van der Waals surface area contributed by atoms with Crippen molar-refractivity contribution in [2.45, 2.75) is 19.9 Å². The quantitative estimate of drug-likeness (QED) is 0.864. The summed E-state index contributed by atoms with van der Waals surface area (Å²) in [6, 6.07) is 11.7. The third-order valence-electron chi connectivity index (χ3n) is 4.31. The molecule has 0 radical (unpaired) electrons. The lowest BCUT2D eigenvalue weighted by Gasteiger charge is -2.18. The molecule has 0 saturated carbocycles. The topological polar surface area (TPSA) is 60.0 Å². The van der Waals surface area contributed by atoms with Crippen molar-refractivity contribution in [1.82, 2.24) is 10.2 Å². The number of hydrogen-bond donors (Lipinski definition) is 1. The van der Waals surface area contributed by atoms with Gasteiger partial charge < -0.3 is 24.4 Å². The van der Waals surface area contributed by atoms with Gasteiger partial charge in [-0.15, -0.1) is 0 Å². The zero-order chi connectivity index (χ0) is 18.5. The lowest BCUT2D eigenvalue weighted by Crippen LogP contribution is -2.37. The van der Waals surface area contributed by atoms with E-state index in [2.05, 4.69) is 11.4 Å². The summed E-state index contributed by atoms with van der Waals surface area (Å²) in [5.74, 6) is 2.31. The second-order valence-electron chi connectivity index (χ2n) is 6.34. The molecule has 0 aliphatic carbocycles. The molecule has 1 heterocycles. The molecule has 0 atom stereocenters. The van der Waals surface area contributed by atoms with Crippen molar-refractivity contribution in [3.8, 4) is 17.2 Å². The van der Waals surface area contributed by atoms with Crippen LogP contribution in [-0.4, -0.2) is 38.4 Å². The van der Waals surface area contributed by atoms with Crippen LogP contribution < -0.4 is 19.5 Å². The highest BCUT2D eigenvalue weighted by atomic mass is 16.7. The maximum atomic E-state index is 12.3. The molecule has 3 rings (SSSR count). The van der Waals surface area contributed by atoms with E-state index >= 15 is 0 Å². The molecular weight excluding hydrogens is 332 g/mol. The van der Waals surface area contributed by atoms with Gasteiger partial charge in [0, 0.05) is 20.1 Å². The molecule has 0 aromatic heterocycles. The summed E-state index contributed by atoms with van der Waals surface area (Å²) >= 11 is 0. The molecule has 0 unspecified atom stereocenters. The number of ether oxygens (including phenoxy) is 3. The Balaban J connectivity index is 1.51. The minimum absolute atomic E-state index is 0.116. The first-order valence-electron chi connectivity index (χ1n) is 8.58. The number of carbonyl (C=O) groups is 1. The summed E-state index contributed by atoms with van der Waals surface area (Å²) in [5, 5.41) is 2.95. The molecule has 6 heteroatoms. The Hall–Kier alpha value is -2.89. The minimum atomic E-state index is -0.116. The number of aryl methyl sites for hydroxylation is 1. The molecule has 2 amide bonds. The molecule has 138 valence electrons. The SMILES string of the molecule is COc1ccc(C)cc1CCNC(=O)N(C)Cc1ccc2c(c1)OCO2. The molecule has 2 aromatic carbocycles. The fraction of sp³-hybridized carbons (Fsp3) is 0.350. The van der Waals surface area contributed by atoms with Crippen LogP contribution in [0.15, 0.2) is 36.4 Å². The average Bonchev–Trinajstić information content (AvgIpc) is 3.09. The van der Waals surface area contributed by atoms with Crippen molar-refractivity contribution in [1.29, 1.82) is 0 Å². The number of methoxy groups -OCH3 is 1. The number of urea groups is 1. The Morgan fingerprint density at radius 1 is 1.19 bits per heavy atom. The normalized spacial score (nSPS) is 12.0. The maximum absolute atomic E-state index is 12.3. The molecule has 26 heavy (non-hydrogen) atoms. The van der Waals surface area contributed by atoms with Crippen LogP contribution in [0.25, 0.3) is 0 Å². The van der Waals surface area contributed by atoms with Crippen LogP contribution in [0.1, 0.15) is 16.7 Å². The van der Waals surface area contributed by atoms with Gasteiger partial charge in [-0.3, -0.25) is 0 Å². The zero-order valence-electron chi connectivity index (χ0n) is 15.4. The zero-order valence-corrected chi connectivity index (χ0v) is 15.4. The van der Waals surface area contributed by atoms with Gasteiger partial charge in [0.15, 0.2) is 11.5 Å². The Labute approximate surface area is 153 Å². The van der Waals surface area contributed by atoms with Crippen LogP contribution in [0.2, 0.25) is 0 Å². The molecule has 0 saturated heterocycles. The second-order valence-corrected chi connectivity index (χ2v) is 6.34. The Bertz CT molecular complexity index is 791. The first-order valence-corrected chi connectivity index (χ1v) is 8.58. The highest BCUT2D eigenvalue weighted by molar-refractivity contribution is 5.73. The van der Waals surface area contributed by atoms with Gasteiger partial charge >= 0.3 is 6.03 Å². The molecule has 2 aromatic rings. The number of benzene rings is 2. The van der Waals surface area contributed by atoms with Crippen molar-refractivity contribution in [3.05, 3.63) is 53.1 Å². The van der Waals surface area contributed by atoms with Gasteiger partial charge in [-0.05, 0) is 42.7 Å². The summed E-state index contributed by atoms with van der Waals surface area (Å²) in [7, 11) is 3.43. The molecule has 0 fully saturated rings. The molecule has 6 nitrogen and oxygen atoms in total. The first kappa shape index (κ1) is 17.9. The number of amides is 2. The third-order valence-corrected chi connectivity index (χ3v) is 4.31. The van der Waals surface area contributed by atoms with Crippen molar-refractivity contribution >= 4 is 6.03 Å². The summed E-state index contributed by atoms with van der Waals surface area (Å²) in [6.07, 6.45) is 0.717. The smallest absolute Gasteiger partial charge is 0.317 e. The Kier molecular flexibility index (Phi) is 5.51. The fourth-order valence-electron chi connectivity index (χ4n) is 2.93. The van der Waals surface area contributed by atoms with E-state index in [0.717, 1.165) is 28.4 Å². The third kappa shape index (κ3) is 4.20. The molecule has 1 N–H and O–H groups in total. The van der Waals surface area contributed by atoms with Crippen LogP contribution >= 0.6 is 0 Å². The van der Waals surface area contributed by atoms with Gasteiger partial charge in [-0.25, -0.2) is 4.79 Å². The van der Waals surface area contributed by atoms with E-state index in [0.29, 0.717) is 19.5 Å². The Morgan fingerprint density at radius 2 is 2.00 bits per heavy atom. The fourth-order valence-corrected chi connectivity index (χ4v) is 2.93. The molecule has 1 aliphatic rings. The van der Waals surface area contributed by atoms with Crippen LogP contribution in [0.3, 0.4) is 0 Å². The summed E-state index contributed by atoms with van der Waals surface area (Å²) in [4.78, 5) is 14.0. The monoisotopic (exact) mass is 356 g/mol. The van der Waals surface area contributed by atoms with E-state index in [1.165, 1.54) is 5.56 Å². The van der Waals surface area contributed by atoms with Gasteiger partial charge in [0.25, 0.3) is 0 Å². The number of nitrogens with one attached hydrogen (secondary N) is 1. The van der Waals surface area contributed by atoms with Gasteiger partial charge in [-0.2, -0.15) is 0 Å². The standard InChI is InChI=1S/C20H24N2O4/c1-14-4-6-17(24-3)16(10-14)8-9-21-20(23)22(2)12-15-5-7-18-19(11-15)26-13-25-18/h4-7,10-11H,8-9,12-13H2,1-3H3,(H,21,23). The largest absolute Gasteiger partial charge is 0.496 e. The lowest BCUT2D eigenvalue weighted by atomic mass is 10.1. The highest BCUT2D eigenvalue weighted by Gasteiger charge is 2.15. The van der Waals surface area contributed by atoms with Crippen LogP contribution in [0.5, 0.6) is 17.2 Å². The van der Waals surface area contributed by atoms with Crippen LogP contribution in [-0.2, 0) is 13.0 Å². The van der Waals surface area contributed by atoms with Gasteiger partial charge in [-0.1, -0.05) is 23.8 Å². The predicted octanol–water partition coefficient (Wildman–Crippen LogP) is 3.12. The number of carbonyl (C=O) groups excluding carboxylic acids is 1. The molecule has 1 aliphatic heterocycles. The van der Waals surface area contributed by atoms with E-state index in [1.54, 1.807) is 19.1 Å². The minimum Gasteiger partial charge on any atom is -0.496 e. The van der Waals surface area contributed by atoms with E-state index in [-0.39, 0.29) is 12.8 Å². The molecule has 0 spiro atoms. The maximum Gasteiger partial charge on any atom is 0.317 e. The van der Waals surface area contributed by atoms with Crippen LogP contribution in [0.4, 0.5) is 4.79 Å². The van der Waals surface area contributed by atoms with E-state index in [1.807, 2.05) is 37.3 Å². The van der Waals surface area contributed by atoms with E-state index in [9.17, 15) is 4.79 Å².